The number of phenols is 1. The quantitative estimate of drug-likeness (QED) is 0.122. The Morgan fingerprint density at radius 1 is 0.818 bits per heavy atom. The molecule has 0 saturated heterocycles. The minimum absolute atomic E-state index is 0.252. The van der Waals surface area contributed by atoms with Gasteiger partial charge in [-0.25, -0.2) is 9.78 Å². The molecule has 4 aromatic carbocycles. The van der Waals surface area contributed by atoms with Crippen LogP contribution < -0.4 is 15.4 Å². The zero-order valence-electron chi connectivity index (χ0n) is 23.5. The van der Waals surface area contributed by atoms with Gasteiger partial charge in [-0.15, -0.1) is 11.3 Å². The highest BCUT2D eigenvalue weighted by molar-refractivity contribution is 7.09. The van der Waals surface area contributed by atoms with Crippen molar-refractivity contribution in [1.82, 2.24) is 10.3 Å². The minimum atomic E-state index is -1.30. The molecular formula is C34H29N3O6S. The Labute approximate surface area is 257 Å². The molecule has 4 N–H and O–H groups in total. The molecule has 5 rings (SSSR count). The second kappa shape index (κ2) is 14.1. The molecule has 44 heavy (non-hydrogen) atoms. The molecule has 222 valence electrons. The summed E-state index contributed by atoms with van der Waals surface area (Å²) in [7, 11) is 0. The van der Waals surface area contributed by atoms with Crippen LogP contribution in [0.1, 0.15) is 37.0 Å². The Hall–Kier alpha value is -5.48. The van der Waals surface area contributed by atoms with Gasteiger partial charge in [0.05, 0.1) is 5.01 Å². The monoisotopic (exact) mass is 607 g/mol. The van der Waals surface area contributed by atoms with Gasteiger partial charge in [0.15, 0.2) is 0 Å². The largest absolute Gasteiger partial charge is 0.507 e. The molecule has 0 saturated carbocycles. The number of thiazole rings is 1. The summed E-state index contributed by atoms with van der Waals surface area (Å²) in [5.74, 6) is -1.48. The number of anilines is 1. The average molecular weight is 608 g/mol. The van der Waals surface area contributed by atoms with Crippen molar-refractivity contribution in [2.24, 2.45) is 5.92 Å². The van der Waals surface area contributed by atoms with Gasteiger partial charge in [-0.2, -0.15) is 0 Å². The van der Waals surface area contributed by atoms with Gasteiger partial charge in [0.25, 0.3) is 5.91 Å². The van der Waals surface area contributed by atoms with E-state index in [0.29, 0.717) is 23.7 Å². The van der Waals surface area contributed by atoms with E-state index in [-0.39, 0.29) is 40.9 Å². The van der Waals surface area contributed by atoms with Crippen molar-refractivity contribution < 1.29 is 29.3 Å². The van der Waals surface area contributed by atoms with E-state index in [1.165, 1.54) is 29.5 Å². The van der Waals surface area contributed by atoms with E-state index in [1.54, 1.807) is 5.38 Å². The molecule has 0 bridgehead atoms. The minimum Gasteiger partial charge on any atom is -0.507 e. The van der Waals surface area contributed by atoms with Crippen LogP contribution >= 0.6 is 11.3 Å². The summed E-state index contributed by atoms with van der Waals surface area (Å²) in [6.07, 6.45) is 0.674. The van der Waals surface area contributed by atoms with Crippen LogP contribution in [0.4, 0.5) is 5.69 Å². The molecule has 10 heteroatoms. The SMILES string of the molecule is O=C(NCc1ccc(Oc2ccccc2)cc1)c1csc(CC(Cc2ccccc2)C(=O)Nc2ccc(O)c(C(=O)O)c2)n1. The zero-order valence-corrected chi connectivity index (χ0v) is 24.3. The fraction of sp³-hybridized carbons (Fsp3) is 0.118. The second-order valence-electron chi connectivity index (χ2n) is 9.99. The molecule has 0 spiro atoms. The molecule has 1 atom stereocenters. The molecule has 2 amide bonds. The molecule has 0 radical (unpaired) electrons. The molecular weight excluding hydrogens is 578 g/mol. The van der Waals surface area contributed by atoms with E-state index in [4.69, 9.17) is 4.74 Å². The lowest BCUT2D eigenvalue weighted by Crippen LogP contribution is -2.27. The summed E-state index contributed by atoms with van der Waals surface area (Å²) in [4.78, 5) is 42.2. The Kier molecular flexibility index (Phi) is 9.63. The third kappa shape index (κ3) is 8.08. The fourth-order valence-corrected chi connectivity index (χ4v) is 5.33. The van der Waals surface area contributed by atoms with Gasteiger partial charge in [-0.1, -0.05) is 60.7 Å². The number of amides is 2. The molecule has 0 aliphatic heterocycles. The van der Waals surface area contributed by atoms with E-state index in [0.717, 1.165) is 16.9 Å². The highest BCUT2D eigenvalue weighted by Crippen LogP contribution is 2.25. The van der Waals surface area contributed by atoms with Crippen LogP contribution in [-0.4, -0.2) is 33.0 Å². The summed E-state index contributed by atoms with van der Waals surface area (Å²) in [6, 6.07) is 30.3. The van der Waals surface area contributed by atoms with Gasteiger partial charge < -0.3 is 25.6 Å². The predicted molar refractivity (Wildman–Crippen MR) is 167 cm³/mol. The number of nitrogens with zero attached hydrogens (tertiary/aromatic N) is 1. The van der Waals surface area contributed by atoms with Crippen molar-refractivity contribution in [2.75, 3.05) is 5.32 Å². The lowest BCUT2D eigenvalue weighted by atomic mass is 9.95. The Bertz CT molecular complexity index is 1740. The number of carbonyl (C=O) groups excluding carboxylic acids is 2. The molecule has 1 aromatic heterocycles. The van der Waals surface area contributed by atoms with Crippen LogP contribution in [0.25, 0.3) is 0 Å². The fourth-order valence-electron chi connectivity index (χ4n) is 4.48. The van der Waals surface area contributed by atoms with Crippen LogP contribution in [0.15, 0.2) is 109 Å². The molecule has 5 aromatic rings. The van der Waals surface area contributed by atoms with E-state index >= 15 is 0 Å². The van der Waals surface area contributed by atoms with Gasteiger partial charge in [0.2, 0.25) is 5.91 Å². The number of aromatic hydroxyl groups is 1. The summed E-state index contributed by atoms with van der Waals surface area (Å²) in [5.41, 5.74) is 2.04. The lowest BCUT2D eigenvalue weighted by Gasteiger charge is -2.16. The number of hydrogen-bond acceptors (Lipinski definition) is 7. The smallest absolute Gasteiger partial charge is 0.339 e. The van der Waals surface area contributed by atoms with Crippen LogP contribution in [-0.2, 0) is 24.2 Å². The molecule has 0 aliphatic rings. The second-order valence-corrected chi connectivity index (χ2v) is 10.9. The maximum Gasteiger partial charge on any atom is 0.339 e. The van der Waals surface area contributed by atoms with Crippen molar-refractivity contribution in [2.45, 2.75) is 19.4 Å². The Morgan fingerprint density at radius 3 is 2.20 bits per heavy atom. The van der Waals surface area contributed by atoms with E-state index in [2.05, 4.69) is 15.6 Å². The maximum absolute atomic E-state index is 13.4. The summed E-state index contributed by atoms with van der Waals surface area (Å²) in [6.45, 7) is 0.307. The van der Waals surface area contributed by atoms with Crippen molar-refractivity contribution in [3.05, 3.63) is 136 Å². The maximum atomic E-state index is 13.4. The Balaban J connectivity index is 1.22. The lowest BCUT2D eigenvalue weighted by molar-refractivity contribution is -0.119. The van der Waals surface area contributed by atoms with Gasteiger partial charge in [-0.05, 0) is 60.0 Å². The molecule has 9 nitrogen and oxygen atoms in total. The number of para-hydroxylation sites is 1. The first-order chi connectivity index (χ1) is 21.3. The van der Waals surface area contributed by atoms with E-state index < -0.39 is 11.9 Å². The van der Waals surface area contributed by atoms with Crippen molar-refractivity contribution in [3.63, 3.8) is 0 Å². The predicted octanol–water partition coefficient (Wildman–Crippen LogP) is 6.31. The highest BCUT2D eigenvalue weighted by atomic mass is 32.1. The Morgan fingerprint density at radius 2 is 1.50 bits per heavy atom. The van der Waals surface area contributed by atoms with E-state index in [1.807, 2.05) is 84.9 Å². The summed E-state index contributed by atoms with van der Waals surface area (Å²) < 4.78 is 5.81. The summed E-state index contributed by atoms with van der Waals surface area (Å²) in [5, 5.41) is 27.1. The molecule has 1 heterocycles. The zero-order chi connectivity index (χ0) is 30.9. The van der Waals surface area contributed by atoms with Crippen molar-refractivity contribution in [1.29, 1.82) is 0 Å². The standard InChI is InChI=1S/C34H29N3O6S/c38-30-16-13-25(19-28(30)34(41)42)36-32(39)24(17-22-7-3-1-4-8-22)18-31-37-29(21-44-31)33(40)35-20-23-11-14-27(15-12-23)43-26-9-5-2-6-10-26/h1-16,19,21,24,38H,17-18,20H2,(H,35,40)(H,36,39)(H,41,42). The number of ether oxygens (including phenoxy) is 1. The third-order valence-corrected chi connectivity index (χ3v) is 7.62. The first kappa shape index (κ1) is 30.0. The number of carbonyl (C=O) groups is 3. The van der Waals surface area contributed by atoms with Crippen LogP contribution in [0.2, 0.25) is 0 Å². The van der Waals surface area contributed by atoms with Crippen molar-refractivity contribution >= 4 is 34.8 Å². The number of aromatic carboxylic acids is 1. The van der Waals surface area contributed by atoms with Gasteiger partial charge in [0, 0.05) is 30.0 Å². The number of hydrogen-bond donors (Lipinski definition) is 4. The van der Waals surface area contributed by atoms with Crippen LogP contribution in [0, 0.1) is 5.92 Å². The van der Waals surface area contributed by atoms with Crippen LogP contribution in [0.5, 0.6) is 17.2 Å². The number of carboxylic acids is 1. The number of rotatable bonds is 12. The normalized spacial score (nSPS) is 11.4. The topological polar surface area (TPSA) is 138 Å². The van der Waals surface area contributed by atoms with Crippen LogP contribution in [0.3, 0.4) is 0 Å². The first-order valence-corrected chi connectivity index (χ1v) is 14.7. The molecule has 0 fully saturated rings. The highest BCUT2D eigenvalue weighted by Gasteiger charge is 2.23. The van der Waals surface area contributed by atoms with Gasteiger partial charge >= 0.3 is 5.97 Å². The number of nitrogens with one attached hydrogen (secondary N) is 2. The first-order valence-electron chi connectivity index (χ1n) is 13.8. The summed E-state index contributed by atoms with van der Waals surface area (Å²) >= 11 is 1.29. The van der Waals surface area contributed by atoms with Gasteiger partial charge in [0.1, 0.15) is 28.5 Å². The molecule has 0 aliphatic carbocycles. The third-order valence-electron chi connectivity index (χ3n) is 6.75. The molecule has 1 unspecified atom stereocenters. The average Bonchev–Trinajstić information content (AvgIpc) is 3.51. The number of carboxylic acid groups (broad SMARTS) is 1. The van der Waals surface area contributed by atoms with Crippen molar-refractivity contribution in [3.8, 4) is 17.2 Å². The van der Waals surface area contributed by atoms with E-state index in [9.17, 15) is 24.6 Å². The van der Waals surface area contributed by atoms with Gasteiger partial charge in [-0.3, -0.25) is 9.59 Å². The number of aromatic nitrogens is 1. The number of benzene rings is 4.